The molecule has 0 bridgehead atoms. The second-order valence-electron chi connectivity index (χ2n) is 6.60. The summed E-state index contributed by atoms with van der Waals surface area (Å²) in [7, 11) is 0. The van der Waals surface area contributed by atoms with E-state index in [1.807, 2.05) is 48.5 Å². The minimum Gasteiger partial charge on any atom is -0.445 e. The summed E-state index contributed by atoms with van der Waals surface area (Å²) in [6, 6.07) is 17.5. The molecule has 3 N–H and O–H groups in total. The van der Waals surface area contributed by atoms with Crippen LogP contribution in [0.25, 0.3) is 0 Å². The standard InChI is InChI=1S/C22H24ClN3O5/c23-12-19(27)18(11-16-7-3-1-4-8-16)26-21(29)14-24-20(28)13-25-22(30)31-15-17-9-5-2-6-10-17/h1-10,18H,11-15H2,(H,24,28)(H,25,30)(H,26,29)/t18-/m0/s1. The van der Waals surface area contributed by atoms with Gasteiger partial charge in [-0.15, -0.1) is 11.6 Å². The summed E-state index contributed by atoms with van der Waals surface area (Å²) in [5, 5.41) is 7.25. The molecule has 0 saturated carbocycles. The van der Waals surface area contributed by atoms with Crippen molar-refractivity contribution >= 4 is 35.3 Å². The number of alkyl carbamates (subject to hydrolysis) is 1. The highest BCUT2D eigenvalue weighted by Gasteiger charge is 2.20. The summed E-state index contributed by atoms with van der Waals surface area (Å²) in [6.07, 6.45) is -0.458. The Balaban J connectivity index is 1.70. The highest BCUT2D eigenvalue weighted by atomic mass is 35.5. The zero-order valence-electron chi connectivity index (χ0n) is 16.8. The van der Waals surface area contributed by atoms with Crippen LogP contribution in [-0.4, -0.2) is 48.7 Å². The highest BCUT2D eigenvalue weighted by Crippen LogP contribution is 2.05. The van der Waals surface area contributed by atoms with Gasteiger partial charge < -0.3 is 20.7 Å². The molecular weight excluding hydrogens is 422 g/mol. The van der Waals surface area contributed by atoms with Crippen LogP contribution in [0, 0.1) is 0 Å². The zero-order valence-corrected chi connectivity index (χ0v) is 17.6. The molecule has 0 unspecified atom stereocenters. The zero-order chi connectivity index (χ0) is 22.5. The van der Waals surface area contributed by atoms with E-state index in [1.165, 1.54) is 0 Å². The lowest BCUT2D eigenvalue weighted by Gasteiger charge is -2.17. The minimum absolute atomic E-state index is 0.0775. The molecule has 0 aliphatic carbocycles. The smallest absolute Gasteiger partial charge is 0.407 e. The maximum Gasteiger partial charge on any atom is 0.407 e. The molecule has 2 aromatic rings. The quantitative estimate of drug-likeness (QED) is 0.454. The molecule has 0 saturated heterocycles. The van der Waals surface area contributed by atoms with Gasteiger partial charge in [-0.05, 0) is 17.5 Å². The van der Waals surface area contributed by atoms with Crippen molar-refractivity contribution in [3.63, 3.8) is 0 Å². The number of amides is 3. The molecular formula is C22H24ClN3O5. The van der Waals surface area contributed by atoms with E-state index in [1.54, 1.807) is 12.1 Å². The molecule has 164 valence electrons. The van der Waals surface area contributed by atoms with Crippen LogP contribution < -0.4 is 16.0 Å². The maximum absolute atomic E-state index is 12.1. The number of carbonyl (C=O) groups excluding carboxylic acids is 4. The second-order valence-corrected chi connectivity index (χ2v) is 6.87. The lowest BCUT2D eigenvalue weighted by molar-refractivity contribution is -0.128. The van der Waals surface area contributed by atoms with Gasteiger partial charge in [0.05, 0.1) is 18.5 Å². The van der Waals surface area contributed by atoms with Crippen LogP contribution in [-0.2, 0) is 32.1 Å². The fourth-order valence-corrected chi connectivity index (χ4v) is 2.79. The van der Waals surface area contributed by atoms with Gasteiger partial charge in [-0.1, -0.05) is 60.7 Å². The Kier molecular flexibility index (Phi) is 10.0. The van der Waals surface area contributed by atoms with Gasteiger partial charge in [0.25, 0.3) is 0 Å². The first kappa shape index (κ1) is 23.9. The molecule has 1 atom stereocenters. The van der Waals surface area contributed by atoms with E-state index in [2.05, 4.69) is 16.0 Å². The van der Waals surface area contributed by atoms with Crippen molar-refractivity contribution in [3.8, 4) is 0 Å². The number of halogens is 1. The SMILES string of the molecule is O=C(CNC(=O)OCc1ccccc1)NCC(=O)N[C@@H](Cc1ccccc1)C(=O)CCl. The molecule has 8 nitrogen and oxygen atoms in total. The van der Waals surface area contributed by atoms with Crippen LogP contribution in [0.4, 0.5) is 4.79 Å². The molecule has 0 heterocycles. The van der Waals surface area contributed by atoms with Crippen molar-refractivity contribution in [2.45, 2.75) is 19.1 Å². The lowest BCUT2D eigenvalue weighted by atomic mass is 10.0. The number of rotatable bonds is 11. The van der Waals surface area contributed by atoms with Crippen LogP contribution in [0.3, 0.4) is 0 Å². The van der Waals surface area contributed by atoms with Crippen molar-refractivity contribution in [3.05, 3.63) is 71.8 Å². The largest absolute Gasteiger partial charge is 0.445 e. The van der Waals surface area contributed by atoms with E-state index in [9.17, 15) is 19.2 Å². The first-order valence-electron chi connectivity index (χ1n) is 9.61. The van der Waals surface area contributed by atoms with Gasteiger partial charge in [0, 0.05) is 0 Å². The summed E-state index contributed by atoms with van der Waals surface area (Å²) in [4.78, 5) is 47.7. The van der Waals surface area contributed by atoms with Crippen molar-refractivity contribution in [1.82, 2.24) is 16.0 Å². The summed E-state index contributed by atoms with van der Waals surface area (Å²) in [5.74, 6) is -1.68. The van der Waals surface area contributed by atoms with E-state index in [0.717, 1.165) is 11.1 Å². The number of Topliss-reactive ketones (excluding diaryl/α,β-unsaturated/α-hetero) is 1. The summed E-state index contributed by atoms with van der Waals surface area (Å²) >= 11 is 5.64. The Morgan fingerprint density at radius 1 is 0.806 bits per heavy atom. The van der Waals surface area contributed by atoms with Gasteiger partial charge >= 0.3 is 6.09 Å². The predicted octanol–water partition coefficient (Wildman–Crippen LogP) is 1.56. The number of alkyl halides is 1. The van der Waals surface area contributed by atoms with Gasteiger partial charge in [-0.3, -0.25) is 14.4 Å². The topological polar surface area (TPSA) is 114 Å². The second kappa shape index (κ2) is 13.0. The van der Waals surface area contributed by atoms with Crippen molar-refractivity contribution in [2.75, 3.05) is 19.0 Å². The number of nitrogens with one attached hydrogen (secondary N) is 3. The molecule has 0 radical (unpaired) electrons. The molecule has 3 amide bonds. The van der Waals surface area contributed by atoms with E-state index in [-0.39, 0.29) is 31.4 Å². The fraction of sp³-hybridized carbons (Fsp3) is 0.273. The maximum atomic E-state index is 12.1. The Hall–Kier alpha value is -3.39. The Morgan fingerprint density at radius 2 is 1.39 bits per heavy atom. The van der Waals surface area contributed by atoms with E-state index >= 15 is 0 Å². The van der Waals surface area contributed by atoms with Gasteiger partial charge in [-0.2, -0.15) is 0 Å². The molecule has 2 rings (SSSR count). The number of hydrogen-bond donors (Lipinski definition) is 3. The normalized spacial score (nSPS) is 11.1. The molecule has 0 aromatic heterocycles. The number of ketones is 1. The molecule has 0 fully saturated rings. The molecule has 0 aliphatic heterocycles. The van der Waals surface area contributed by atoms with Crippen molar-refractivity contribution < 1.29 is 23.9 Å². The number of ether oxygens (including phenoxy) is 1. The van der Waals surface area contributed by atoms with Crippen LogP contribution in [0.2, 0.25) is 0 Å². The number of benzene rings is 2. The molecule has 31 heavy (non-hydrogen) atoms. The Bertz CT molecular complexity index is 877. The van der Waals surface area contributed by atoms with Gasteiger partial charge in [0.2, 0.25) is 11.8 Å². The summed E-state index contributed by atoms with van der Waals surface area (Å²) in [6.45, 7) is -0.622. The third-order valence-corrected chi connectivity index (χ3v) is 4.45. The predicted molar refractivity (Wildman–Crippen MR) is 115 cm³/mol. The van der Waals surface area contributed by atoms with Gasteiger partial charge in [-0.25, -0.2) is 4.79 Å². The summed E-state index contributed by atoms with van der Waals surface area (Å²) < 4.78 is 4.99. The minimum atomic E-state index is -0.796. The van der Waals surface area contributed by atoms with E-state index in [4.69, 9.17) is 16.3 Å². The highest BCUT2D eigenvalue weighted by molar-refractivity contribution is 6.28. The van der Waals surface area contributed by atoms with Crippen LogP contribution in [0.15, 0.2) is 60.7 Å². The van der Waals surface area contributed by atoms with Crippen LogP contribution in [0.1, 0.15) is 11.1 Å². The molecule has 0 spiro atoms. The van der Waals surface area contributed by atoms with Crippen LogP contribution >= 0.6 is 11.6 Å². The fourth-order valence-electron chi connectivity index (χ4n) is 2.60. The first-order valence-corrected chi connectivity index (χ1v) is 10.1. The molecule has 0 aliphatic rings. The van der Waals surface area contributed by atoms with Crippen molar-refractivity contribution in [2.24, 2.45) is 0 Å². The Morgan fingerprint density at radius 3 is 2.00 bits per heavy atom. The van der Waals surface area contributed by atoms with Gasteiger partial charge in [0.1, 0.15) is 13.2 Å². The Labute approximate surface area is 185 Å². The van der Waals surface area contributed by atoms with Crippen molar-refractivity contribution in [1.29, 1.82) is 0 Å². The molecule has 2 aromatic carbocycles. The summed E-state index contributed by atoms with van der Waals surface area (Å²) in [5.41, 5.74) is 1.68. The van der Waals surface area contributed by atoms with E-state index in [0.29, 0.717) is 6.42 Å². The monoisotopic (exact) mass is 445 g/mol. The van der Waals surface area contributed by atoms with E-state index < -0.39 is 23.9 Å². The number of hydrogen-bond acceptors (Lipinski definition) is 5. The third-order valence-electron chi connectivity index (χ3n) is 4.19. The van der Waals surface area contributed by atoms with Crippen LogP contribution in [0.5, 0.6) is 0 Å². The number of carbonyl (C=O) groups is 4. The van der Waals surface area contributed by atoms with Gasteiger partial charge in [0.15, 0.2) is 5.78 Å². The average Bonchev–Trinajstić information content (AvgIpc) is 2.80. The molecule has 9 heteroatoms. The first-order chi connectivity index (χ1) is 15.0. The average molecular weight is 446 g/mol. The lowest BCUT2D eigenvalue weighted by Crippen LogP contribution is -2.48. The third kappa shape index (κ3) is 9.31.